The molecule has 0 amide bonds. The van der Waals surface area contributed by atoms with Crippen molar-refractivity contribution >= 4 is 0 Å². The van der Waals surface area contributed by atoms with Gasteiger partial charge in [0.1, 0.15) is 0 Å². The summed E-state index contributed by atoms with van der Waals surface area (Å²) in [6.07, 6.45) is 2.48. The standard InChI is InChI=1S/C10H20N2O/c1-12-6-9(7-13)10(8-12)2-4-11-5-3-10/h9,11,13H,2-8H2,1H3/t9-/m1/s1. The van der Waals surface area contributed by atoms with Crippen molar-refractivity contribution in [1.82, 2.24) is 10.2 Å². The Morgan fingerprint density at radius 2 is 2.15 bits per heavy atom. The third kappa shape index (κ3) is 1.60. The van der Waals surface area contributed by atoms with Crippen LogP contribution in [0.15, 0.2) is 0 Å². The number of rotatable bonds is 1. The molecule has 0 unspecified atom stereocenters. The number of aliphatic hydroxyl groups excluding tert-OH is 1. The zero-order chi connectivity index (χ0) is 9.31. The second-order valence-corrected chi connectivity index (χ2v) is 4.69. The summed E-state index contributed by atoms with van der Waals surface area (Å²) in [5, 5.41) is 12.7. The van der Waals surface area contributed by atoms with Crippen molar-refractivity contribution in [2.45, 2.75) is 12.8 Å². The van der Waals surface area contributed by atoms with Gasteiger partial charge in [-0.05, 0) is 38.4 Å². The molecule has 2 fully saturated rings. The average Bonchev–Trinajstić information content (AvgIpc) is 2.43. The molecule has 2 saturated heterocycles. The third-order valence-electron chi connectivity index (χ3n) is 3.80. The van der Waals surface area contributed by atoms with Crippen LogP contribution in [0, 0.1) is 11.3 Å². The number of hydrogen-bond acceptors (Lipinski definition) is 3. The molecule has 2 heterocycles. The summed E-state index contributed by atoms with van der Waals surface area (Å²) >= 11 is 0. The summed E-state index contributed by atoms with van der Waals surface area (Å²) in [6.45, 7) is 4.88. The molecule has 0 aromatic carbocycles. The van der Waals surface area contributed by atoms with E-state index in [0.717, 1.165) is 19.6 Å². The summed E-state index contributed by atoms with van der Waals surface area (Å²) < 4.78 is 0. The second kappa shape index (κ2) is 3.56. The van der Waals surface area contributed by atoms with Gasteiger partial charge < -0.3 is 15.3 Å². The Morgan fingerprint density at radius 3 is 2.77 bits per heavy atom. The molecule has 0 aromatic rings. The molecule has 1 atom stereocenters. The van der Waals surface area contributed by atoms with Gasteiger partial charge in [0.25, 0.3) is 0 Å². The van der Waals surface area contributed by atoms with Crippen molar-refractivity contribution in [2.24, 2.45) is 11.3 Å². The highest BCUT2D eigenvalue weighted by atomic mass is 16.3. The number of nitrogens with zero attached hydrogens (tertiary/aromatic N) is 1. The van der Waals surface area contributed by atoms with E-state index in [1.807, 2.05) is 0 Å². The third-order valence-corrected chi connectivity index (χ3v) is 3.80. The van der Waals surface area contributed by atoms with Crippen molar-refractivity contribution in [3.05, 3.63) is 0 Å². The van der Waals surface area contributed by atoms with Gasteiger partial charge in [0, 0.05) is 25.6 Å². The molecule has 3 nitrogen and oxygen atoms in total. The predicted molar refractivity (Wildman–Crippen MR) is 52.6 cm³/mol. The molecule has 0 radical (unpaired) electrons. The lowest BCUT2D eigenvalue weighted by Gasteiger charge is -2.37. The first kappa shape index (κ1) is 9.44. The highest BCUT2D eigenvalue weighted by Crippen LogP contribution is 2.42. The van der Waals surface area contributed by atoms with Crippen LogP contribution in [0.5, 0.6) is 0 Å². The molecule has 0 aromatic heterocycles. The Balaban J connectivity index is 2.09. The number of hydrogen-bond donors (Lipinski definition) is 2. The summed E-state index contributed by atoms with van der Waals surface area (Å²) in [7, 11) is 2.17. The second-order valence-electron chi connectivity index (χ2n) is 4.69. The fourth-order valence-electron chi connectivity index (χ4n) is 3.04. The van der Waals surface area contributed by atoms with Crippen molar-refractivity contribution in [1.29, 1.82) is 0 Å². The van der Waals surface area contributed by atoms with E-state index >= 15 is 0 Å². The minimum absolute atomic E-state index is 0.365. The highest BCUT2D eigenvalue weighted by Gasteiger charge is 2.45. The van der Waals surface area contributed by atoms with E-state index in [1.54, 1.807) is 0 Å². The van der Waals surface area contributed by atoms with Crippen molar-refractivity contribution in [3.63, 3.8) is 0 Å². The maximum Gasteiger partial charge on any atom is 0.0477 e. The molecule has 3 heteroatoms. The molecular formula is C10H20N2O. The first-order chi connectivity index (χ1) is 6.27. The van der Waals surface area contributed by atoms with Crippen LogP contribution < -0.4 is 5.32 Å². The van der Waals surface area contributed by atoms with Gasteiger partial charge in [-0.1, -0.05) is 0 Å². The maximum atomic E-state index is 9.35. The zero-order valence-corrected chi connectivity index (χ0v) is 8.42. The van der Waals surface area contributed by atoms with Gasteiger partial charge in [0.05, 0.1) is 0 Å². The Bertz CT molecular complexity index is 178. The molecule has 1 spiro atoms. The van der Waals surface area contributed by atoms with Gasteiger partial charge in [0.15, 0.2) is 0 Å². The molecule has 0 aliphatic carbocycles. The molecule has 2 N–H and O–H groups in total. The number of nitrogens with one attached hydrogen (secondary N) is 1. The summed E-state index contributed by atoms with van der Waals surface area (Å²) in [6, 6.07) is 0. The Hall–Kier alpha value is -0.120. The SMILES string of the molecule is CN1C[C@H](CO)C2(CCNCC2)C1. The van der Waals surface area contributed by atoms with Gasteiger partial charge in [0.2, 0.25) is 0 Å². The number of likely N-dealkylation sites (tertiary alicyclic amines) is 1. The van der Waals surface area contributed by atoms with Gasteiger partial charge in [-0.25, -0.2) is 0 Å². The first-order valence-corrected chi connectivity index (χ1v) is 5.27. The van der Waals surface area contributed by atoms with Gasteiger partial charge in [-0.3, -0.25) is 0 Å². The van der Waals surface area contributed by atoms with Crippen molar-refractivity contribution < 1.29 is 5.11 Å². The maximum absolute atomic E-state index is 9.35. The van der Waals surface area contributed by atoms with Gasteiger partial charge in [-0.2, -0.15) is 0 Å². The number of aliphatic hydroxyl groups is 1. The van der Waals surface area contributed by atoms with E-state index in [0.29, 0.717) is 17.9 Å². The van der Waals surface area contributed by atoms with Crippen molar-refractivity contribution in [3.8, 4) is 0 Å². The quantitative estimate of drug-likeness (QED) is 0.598. The zero-order valence-electron chi connectivity index (χ0n) is 8.42. The molecule has 0 saturated carbocycles. The van der Waals surface area contributed by atoms with Gasteiger partial charge >= 0.3 is 0 Å². The first-order valence-electron chi connectivity index (χ1n) is 5.27. The molecular weight excluding hydrogens is 164 g/mol. The van der Waals surface area contributed by atoms with E-state index in [2.05, 4.69) is 17.3 Å². The molecule has 0 bridgehead atoms. The normalized spacial score (nSPS) is 34.2. The van der Waals surface area contributed by atoms with Crippen LogP contribution in [0.2, 0.25) is 0 Å². The smallest absolute Gasteiger partial charge is 0.0477 e. The van der Waals surface area contributed by atoms with Crippen LogP contribution in [-0.2, 0) is 0 Å². The minimum Gasteiger partial charge on any atom is -0.396 e. The lowest BCUT2D eigenvalue weighted by Crippen LogP contribution is -2.42. The molecule has 2 rings (SSSR count). The summed E-state index contributed by atoms with van der Waals surface area (Å²) in [5.74, 6) is 0.514. The van der Waals surface area contributed by atoms with E-state index in [9.17, 15) is 5.11 Å². The van der Waals surface area contributed by atoms with Crippen LogP contribution >= 0.6 is 0 Å². The summed E-state index contributed by atoms with van der Waals surface area (Å²) in [5.41, 5.74) is 0.425. The van der Waals surface area contributed by atoms with E-state index < -0.39 is 0 Å². The lowest BCUT2D eigenvalue weighted by molar-refractivity contribution is 0.0989. The average molecular weight is 184 g/mol. The monoisotopic (exact) mass is 184 g/mol. The van der Waals surface area contributed by atoms with E-state index in [-0.39, 0.29) is 0 Å². The Morgan fingerprint density at radius 1 is 1.46 bits per heavy atom. The lowest BCUT2D eigenvalue weighted by atomic mass is 9.71. The largest absolute Gasteiger partial charge is 0.396 e. The minimum atomic E-state index is 0.365. The predicted octanol–water partition coefficient (Wildman–Crippen LogP) is -0.0899. The fraction of sp³-hybridized carbons (Fsp3) is 1.00. The van der Waals surface area contributed by atoms with E-state index in [1.165, 1.54) is 19.4 Å². The van der Waals surface area contributed by atoms with Crippen LogP contribution in [0.1, 0.15) is 12.8 Å². The fourth-order valence-corrected chi connectivity index (χ4v) is 3.04. The summed E-state index contributed by atoms with van der Waals surface area (Å²) in [4.78, 5) is 2.37. The molecule has 2 aliphatic rings. The van der Waals surface area contributed by atoms with E-state index in [4.69, 9.17) is 0 Å². The topological polar surface area (TPSA) is 35.5 Å². The Kier molecular flexibility index (Phi) is 2.58. The van der Waals surface area contributed by atoms with Crippen LogP contribution in [0.3, 0.4) is 0 Å². The molecule has 2 aliphatic heterocycles. The Labute approximate surface area is 80.1 Å². The van der Waals surface area contributed by atoms with Crippen LogP contribution in [0.25, 0.3) is 0 Å². The van der Waals surface area contributed by atoms with Crippen LogP contribution in [-0.4, -0.2) is 49.8 Å². The number of piperidine rings is 1. The van der Waals surface area contributed by atoms with Crippen LogP contribution in [0.4, 0.5) is 0 Å². The van der Waals surface area contributed by atoms with Crippen molar-refractivity contribution in [2.75, 3.05) is 39.8 Å². The molecule has 13 heavy (non-hydrogen) atoms. The van der Waals surface area contributed by atoms with Gasteiger partial charge in [-0.15, -0.1) is 0 Å². The molecule has 76 valence electrons. The highest BCUT2D eigenvalue weighted by molar-refractivity contribution is 4.97.